The summed E-state index contributed by atoms with van der Waals surface area (Å²) >= 11 is 0. The Kier molecular flexibility index (Phi) is 9.23. The number of carbonyl (C=O) groups excluding carboxylic acids is 1. The van der Waals surface area contributed by atoms with Crippen molar-refractivity contribution in [3.8, 4) is 0 Å². The van der Waals surface area contributed by atoms with Crippen LogP contribution >= 0.6 is 0 Å². The van der Waals surface area contributed by atoms with Gasteiger partial charge < -0.3 is 19.9 Å². The van der Waals surface area contributed by atoms with E-state index in [4.69, 9.17) is 9.47 Å². The van der Waals surface area contributed by atoms with Gasteiger partial charge >= 0.3 is 6.09 Å². The van der Waals surface area contributed by atoms with Crippen LogP contribution in [-0.2, 0) is 25.9 Å². The fourth-order valence-electron chi connectivity index (χ4n) is 5.26. The highest BCUT2D eigenvalue weighted by atomic mass is 32.2. The summed E-state index contributed by atoms with van der Waals surface area (Å²) in [4.78, 5) is 13.1. The van der Waals surface area contributed by atoms with E-state index in [1.54, 1.807) is 30.3 Å². The van der Waals surface area contributed by atoms with E-state index in [0.29, 0.717) is 18.8 Å². The molecule has 5 atom stereocenters. The van der Waals surface area contributed by atoms with Gasteiger partial charge in [0.25, 0.3) is 0 Å². The summed E-state index contributed by atoms with van der Waals surface area (Å²) in [5.41, 5.74) is 0.914. The lowest BCUT2D eigenvalue weighted by atomic mass is 10.0. The molecular formula is C28H38N2O6S. The summed E-state index contributed by atoms with van der Waals surface area (Å²) in [6.07, 6.45) is 0.947. The third-order valence-corrected chi connectivity index (χ3v) is 8.93. The highest BCUT2D eigenvalue weighted by Gasteiger charge is 2.40. The Morgan fingerprint density at radius 3 is 2.41 bits per heavy atom. The molecule has 0 spiro atoms. The number of alkyl carbamates (subject to hydrolysis) is 1. The number of hydrogen-bond acceptors (Lipinski definition) is 6. The van der Waals surface area contributed by atoms with E-state index in [-0.39, 0.29) is 36.1 Å². The smallest absolute Gasteiger partial charge is 0.407 e. The first-order valence-corrected chi connectivity index (χ1v) is 14.5. The maximum Gasteiger partial charge on any atom is 0.407 e. The molecule has 2 fully saturated rings. The van der Waals surface area contributed by atoms with Gasteiger partial charge in [0.05, 0.1) is 23.1 Å². The number of amides is 1. The molecular weight excluding hydrogens is 492 g/mol. The predicted molar refractivity (Wildman–Crippen MR) is 140 cm³/mol. The van der Waals surface area contributed by atoms with Gasteiger partial charge in [-0.05, 0) is 48.8 Å². The second-order valence-corrected chi connectivity index (χ2v) is 12.4. The molecule has 1 amide bonds. The molecule has 37 heavy (non-hydrogen) atoms. The Balaban J connectivity index is 1.48. The highest BCUT2D eigenvalue weighted by molar-refractivity contribution is 7.89. The van der Waals surface area contributed by atoms with Gasteiger partial charge in [-0.25, -0.2) is 13.2 Å². The number of benzene rings is 2. The van der Waals surface area contributed by atoms with Crippen LogP contribution in [0.25, 0.3) is 0 Å². The average Bonchev–Trinajstić information content (AvgIpc) is 3.46. The first-order chi connectivity index (χ1) is 17.7. The van der Waals surface area contributed by atoms with Crippen molar-refractivity contribution >= 4 is 16.1 Å². The minimum atomic E-state index is -3.84. The second kappa shape index (κ2) is 12.4. The minimum absolute atomic E-state index is 0.0419. The first-order valence-electron chi connectivity index (χ1n) is 13.1. The number of fused-ring (bicyclic) bond motifs is 1. The fraction of sp³-hybridized carbons (Fsp3) is 0.536. The molecule has 1 saturated carbocycles. The molecule has 202 valence electrons. The summed E-state index contributed by atoms with van der Waals surface area (Å²) in [7, 11) is -3.84. The number of aliphatic hydroxyl groups excluding tert-OH is 1. The van der Waals surface area contributed by atoms with Gasteiger partial charge in [0, 0.05) is 26.1 Å². The summed E-state index contributed by atoms with van der Waals surface area (Å²) in [5, 5.41) is 14.1. The van der Waals surface area contributed by atoms with Crippen molar-refractivity contribution in [3.63, 3.8) is 0 Å². The molecule has 9 heteroatoms. The van der Waals surface area contributed by atoms with E-state index in [0.717, 1.165) is 25.0 Å². The zero-order chi connectivity index (χ0) is 26.4. The predicted octanol–water partition coefficient (Wildman–Crippen LogP) is 3.60. The van der Waals surface area contributed by atoms with Gasteiger partial charge in [0.2, 0.25) is 10.0 Å². The van der Waals surface area contributed by atoms with Crippen molar-refractivity contribution in [3.05, 3.63) is 66.2 Å². The average molecular weight is 531 g/mol. The highest BCUT2D eigenvalue weighted by Crippen LogP contribution is 2.37. The minimum Gasteiger partial charge on any atom is -0.446 e. The molecule has 1 heterocycles. The van der Waals surface area contributed by atoms with Crippen LogP contribution in [0, 0.1) is 11.8 Å². The van der Waals surface area contributed by atoms with Crippen molar-refractivity contribution in [2.24, 2.45) is 11.8 Å². The molecule has 2 aromatic rings. The van der Waals surface area contributed by atoms with Crippen LogP contribution in [0.5, 0.6) is 0 Å². The molecule has 1 aliphatic heterocycles. The topological polar surface area (TPSA) is 105 Å². The maximum atomic E-state index is 13.4. The monoisotopic (exact) mass is 530 g/mol. The number of hydrogen-bond donors (Lipinski definition) is 2. The van der Waals surface area contributed by atoms with E-state index in [2.05, 4.69) is 5.32 Å². The van der Waals surface area contributed by atoms with Crippen LogP contribution in [0.4, 0.5) is 4.79 Å². The number of sulfonamides is 1. The van der Waals surface area contributed by atoms with Crippen molar-refractivity contribution in [2.75, 3.05) is 19.7 Å². The lowest BCUT2D eigenvalue weighted by molar-refractivity contribution is 0.0554. The Hall–Kier alpha value is -2.46. The van der Waals surface area contributed by atoms with Crippen LogP contribution in [0.15, 0.2) is 65.6 Å². The lowest BCUT2D eigenvalue weighted by Crippen LogP contribution is -2.51. The van der Waals surface area contributed by atoms with E-state index in [1.165, 1.54) is 4.31 Å². The van der Waals surface area contributed by atoms with Crippen LogP contribution in [0.1, 0.15) is 38.7 Å². The largest absolute Gasteiger partial charge is 0.446 e. The third-order valence-electron chi connectivity index (χ3n) is 7.09. The Morgan fingerprint density at radius 2 is 1.76 bits per heavy atom. The molecule has 8 nitrogen and oxygen atoms in total. The third kappa shape index (κ3) is 7.31. The van der Waals surface area contributed by atoms with Gasteiger partial charge in [-0.2, -0.15) is 4.31 Å². The molecule has 1 aliphatic carbocycles. The standard InChI is InChI=1S/C28H38N2O6S/c1-20(2)18-30(37(33,34)24-11-7-4-8-12-24)19-26(31)25(15-21-9-5-3-6-10-21)29-28(32)36-23-16-22-13-14-35-27(22)17-23/h3-12,20,22-23,25-27,31H,13-19H2,1-2H3,(H,29,32)/t22?,23?,25-,26+,27+/m0/s1. The van der Waals surface area contributed by atoms with Gasteiger partial charge in [-0.15, -0.1) is 0 Å². The summed E-state index contributed by atoms with van der Waals surface area (Å²) in [5.74, 6) is 0.469. The normalized spacial score (nSPS) is 23.1. The number of nitrogens with zero attached hydrogens (tertiary/aromatic N) is 1. The van der Waals surface area contributed by atoms with Crippen LogP contribution in [0.3, 0.4) is 0 Å². The molecule has 2 unspecified atom stereocenters. The van der Waals surface area contributed by atoms with Gasteiger partial charge in [0.1, 0.15) is 6.10 Å². The summed E-state index contributed by atoms with van der Waals surface area (Å²) in [6, 6.07) is 17.0. The van der Waals surface area contributed by atoms with Crippen LogP contribution in [-0.4, -0.2) is 68.0 Å². The van der Waals surface area contributed by atoms with Crippen molar-refractivity contribution < 1.29 is 27.8 Å². The first kappa shape index (κ1) is 27.6. The van der Waals surface area contributed by atoms with Crippen molar-refractivity contribution in [1.29, 1.82) is 0 Å². The molecule has 0 aromatic heterocycles. The van der Waals surface area contributed by atoms with Crippen molar-refractivity contribution in [1.82, 2.24) is 9.62 Å². The summed E-state index contributed by atoms with van der Waals surface area (Å²) in [6.45, 7) is 4.70. The maximum absolute atomic E-state index is 13.4. The van der Waals surface area contributed by atoms with Crippen LogP contribution in [0.2, 0.25) is 0 Å². The Labute approximate surface area is 220 Å². The van der Waals surface area contributed by atoms with Gasteiger partial charge in [-0.3, -0.25) is 0 Å². The van der Waals surface area contributed by atoms with Gasteiger partial charge in [-0.1, -0.05) is 62.4 Å². The zero-order valence-electron chi connectivity index (χ0n) is 21.5. The molecule has 2 N–H and O–H groups in total. The lowest BCUT2D eigenvalue weighted by Gasteiger charge is -2.30. The number of rotatable bonds is 11. The molecule has 2 aromatic carbocycles. The second-order valence-electron chi connectivity index (χ2n) is 10.5. The Morgan fingerprint density at radius 1 is 1.08 bits per heavy atom. The molecule has 0 radical (unpaired) electrons. The molecule has 1 saturated heterocycles. The van der Waals surface area contributed by atoms with Crippen molar-refractivity contribution in [2.45, 2.75) is 68.8 Å². The quantitative estimate of drug-likeness (QED) is 0.460. The SMILES string of the molecule is CC(C)CN(C[C@@H](O)[C@H](Cc1ccccc1)NC(=O)OC1CC2CCO[C@@H]2C1)S(=O)(=O)c1ccccc1. The number of ether oxygens (including phenoxy) is 2. The zero-order valence-corrected chi connectivity index (χ0v) is 22.3. The summed E-state index contributed by atoms with van der Waals surface area (Å²) < 4.78 is 39.6. The number of carbonyl (C=O) groups is 1. The van der Waals surface area contributed by atoms with Crippen LogP contribution < -0.4 is 5.32 Å². The molecule has 0 bridgehead atoms. The van der Waals surface area contributed by atoms with Gasteiger partial charge in [0.15, 0.2) is 0 Å². The van der Waals surface area contributed by atoms with E-state index < -0.39 is 28.3 Å². The van der Waals surface area contributed by atoms with E-state index in [1.807, 2.05) is 44.2 Å². The van der Waals surface area contributed by atoms with E-state index in [9.17, 15) is 18.3 Å². The van der Waals surface area contributed by atoms with E-state index >= 15 is 0 Å². The molecule has 2 aliphatic rings. The molecule has 4 rings (SSSR count). The number of nitrogens with one attached hydrogen (secondary N) is 1. The number of aliphatic hydroxyl groups is 1. The Bertz CT molecular complexity index is 1100. The fourth-order valence-corrected chi connectivity index (χ4v) is 6.90.